The molecule has 0 aromatic carbocycles. The quantitative estimate of drug-likeness (QED) is 0.619. The molecular formula is C8H8N2O3S. The summed E-state index contributed by atoms with van der Waals surface area (Å²) in [5.41, 5.74) is 0.0455. The molecule has 0 aromatic rings. The summed E-state index contributed by atoms with van der Waals surface area (Å²) in [6.45, 7) is 0. The fraction of sp³-hybridized carbons (Fsp3) is 0.250. The monoisotopic (exact) mass is 212 g/mol. The minimum Gasteiger partial charge on any atom is -0.464 e. The molecule has 1 atom stereocenters. The minimum atomic E-state index is -0.503. The van der Waals surface area contributed by atoms with Crippen LogP contribution in [0.5, 0.6) is 0 Å². The van der Waals surface area contributed by atoms with E-state index in [1.165, 1.54) is 24.9 Å². The van der Waals surface area contributed by atoms with Crippen LogP contribution in [-0.2, 0) is 14.3 Å². The molecule has 2 aliphatic heterocycles. The van der Waals surface area contributed by atoms with Crippen LogP contribution in [0.4, 0.5) is 0 Å². The maximum absolute atomic E-state index is 11.3. The predicted molar refractivity (Wildman–Crippen MR) is 50.6 cm³/mol. The summed E-state index contributed by atoms with van der Waals surface area (Å²) in [5.74, 6) is -0.778. The lowest BCUT2D eigenvalue weighted by Gasteiger charge is -2.29. The number of esters is 1. The van der Waals surface area contributed by atoms with Gasteiger partial charge in [0.2, 0.25) is 5.91 Å². The van der Waals surface area contributed by atoms with Crippen molar-refractivity contribution in [3.8, 4) is 0 Å². The Morgan fingerprint density at radius 3 is 3.21 bits per heavy atom. The van der Waals surface area contributed by atoms with E-state index in [1.807, 2.05) is 5.41 Å². The summed E-state index contributed by atoms with van der Waals surface area (Å²) < 4.78 is 4.57. The molecule has 5 nitrogen and oxygen atoms in total. The van der Waals surface area contributed by atoms with Gasteiger partial charge >= 0.3 is 5.97 Å². The van der Waals surface area contributed by atoms with E-state index in [2.05, 4.69) is 10.1 Å². The molecule has 2 aliphatic rings. The first kappa shape index (κ1) is 9.14. The number of methoxy groups -OCH3 is 1. The van der Waals surface area contributed by atoms with E-state index in [-0.39, 0.29) is 17.1 Å². The summed E-state index contributed by atoms with van der Waals surface area (Å²) >= 11 is 1.43. The van der Waals surface area contributed by atoms with Gasteiger partial charge in [0.15, 0.2) is 5.50 Å². The van der Waals surface area contributed by atoms with Gasteiger partial charge in [-0.25, -0.2) is 4.79 Å². The standard InChI is InChI=1S/C8H8N2O3S/c1-13-7(12)5-4-6(11)9-8-10(5)2-3-14-8/h2-4,8H,1H3,(H,9,11). The SMILES string of the molecule is COC(=O)C1=CC(=O)NC2SC=CN12. The van der Waals surface area contributed by atoms with Crippen molar-refractivity contribution in [2.75, 3.05) is 7.11 Å². The van der Waals surface area contributed by atoms with Crippen molar-refractivity contribution in [2.24, 2.45) is 0 Å². The molecule has 0 saturated carbocycles. The number of amides is 1. The van der Waals surface area contributed by atoms with Crippen LogP contribution in [0, 0.1) is 0 Å². The smallest absolute Gasteiger partial charge is 0.354 e. The highest BCUT2D eigenvalue weighted by molar-refractivity contribution is 8.02. The molecule has 1 unspecified atom stereocenters. The molecule has 1 amide bonds. The molecule has 0 bridgehead atoms. The van der Waals surface area contributed by atoms with Crippen LogP contribution in [0.2, 0.25) is 0 Å². The number of nitrogens with one attached hydrogen (secondary N) is 1. The number of hydrogen-bond donors (Lipinski definition) is 1. The zero-order valence-corrected chi connectivity index (χ0v) is 8.21. The number of hydrogen-bond acceptors (Lipinski definition) is 5. The predicted octanol–water partition coefficient (Wildman–Crippen LogP) is -0.0233. The Balaban J connectivity index is 2.31. The van der Waals surface area contributed by atoms with E-state index in [0.29, 0.717) is 0 Å². The van der Waals surface area contributed by atoms with Crippen molar-refractivity contribution in [1.29, 1.82) is 0 Å². The number of nitrogens with zero attached hydrogens (tertiary/aromatic N) is 1. The first-order valence-corrected chi connectivity index (χ1v) is 4.87. The maximum Gasteiger partial charge on any atom is 0.354 e. The van der Waals surface area contributed by atoms with Gasteiger partial charge in [-0.15, -0.1) is 0 Å². The van der Waals surface area contributed by atoms with Gasteiger partial charge in [-0.3, -0.25) is 4.79 Å². The van der Waals surface area contributed by atoms with E-state index in [0.717, 1.165) is 0 Å². The molecule has 2 heterocycles. The van der Waals surface area contributed by atoms with Gasteiger partial charge in [-0.1, -0.05) is 11.8 Å². The van der Waals surface area contributed by atoms with Crippen LogP contribution in [0.1, 0.15) is 0 Å². The van der Waals surface area contributed by atoms with Gasteiger partial charge in [-0.2, -0.15) is 0 Å². The Kier molecular flexibility index (Phi) is 2.20. The highest BCUT2D eigenvalue weighted by atomic mass is 32.2. The maximum atomic E-state index is 11.3. The van der Waals surface area contributed by atoms with Crippen molar-refractivity contribution in [3.63, 3.8) is 0 Å². The largest absolute Gasteiger partial charge is 0.464 e. The van der Waals surface area contributed by atoms with Crippen molar-refractivity contribution < 1.29 is 14.3 Å². The van der Waals surface area contributed by atoms with Crippen molar-refractivity contribution in [1.82, 2.24) is 10.2 Å². The van der Waals surface area contributed by atoms with Crippen molar-refractivity contribution in [2.45, 2.75) is 5.50 Å². The number of fused-ring (bicyclic) bond motifs is 1. The van der Waals surface area contributed by atoms with E-state index in [9.17, 15) is 9.59 Å². The molecule has 6 heteroatoms. The van der Waals surface area contributed by atoms with E-state index in [4.69, 9.17) is 0 Å². The molecule has 14 heavy (non-hydrogen) atoms. The zero-order valence-electron chi connectivity index (χ0n) is 7.39. The first-order chi connectivity index (χ1) is 6.72. The van der Waals surface area contributed by atoms with Gasteiger partial charge in [0.05, 0.1) is 7.11 Å². The minimum absolute atomic E-state index is 0.221. The van der Waals surface area contributed by atoms with Gasteiger partial charge < -0.3 is 15.0 Å². The summed E-state index contributed by atoms with van der Waals surface area (Å²) in [4.78, 5) is 24.1. The van der Waals surface area contributed by atoms with E-state index < -0.39 is 5.97 Å². The Morgan fingerprint density at radius 1 is 1.71 bits per heavy atom. The lowest BCUT2D eigenvalue weighted by Crippen LogP contribution is -2.46. The average molecular weight is 212 g/mol. The Morgan fingerprint density at radius 2 is 2.50 bits per heavy atom. The third-order valence-electron chi connectivity index (χ3n) is 1.89. The highest BCUT2D eigenvalue weighted by Crippen LogP contribution is 2.29. The molecule has 74 valence electrons. The molecule has 0 aromatic heterocycles. The van der Waals surface area contributed by atoms with Gasteiger partial charge in [0.1, 0.15) is 5.70 Å². The van der Waals surface area contributed by atoms with Gasteiger partial charge in [0, 0.05) is 12.3 Å². The number of carbonyl (C=O) groups excluding carboxylic acids is 2. The number of rotatable bonds is 1. The summed E-state index contributed by atoms with van der Waals surface area (Å²) in [6.07, 6.45) is 2.97. The summed E-state index contributed by atoms with van der Waals surface area (Å²) in [7, 11) is 1.29. The molecule has 1 N–H and O–H groups in total. The van der Waals surface area contributed by atoms with Crippen LogP contribution in [0.3, 0.4) is 0 Å². The van der Waals surface area contributed by atoms with Crippen LogP contribution in [-0.4, -0.2) is 29.4 Å². The van der Waals surface area contributed by atoms with Crippen molar-refractivity contribution in [3.05, 3.63) is 23.4 Å². The normalized spacial score (nSPS) is 24.1. The van der Waals surface area contributed by atoms with Crippen LogP contribution in [0.25, 0.3) is 0 Å². The summed E-state index contributed by atoms with van der Waals surface area (Å²) in [5, 5.41) is 4.50. The first-order valence-electron chi connectivity index (χ1n) is 3.93. The topological polar surface area (TPSA) is 58.6 Å². The number of carbonyl (C=O) groups is 2. The highest BCUT2D eigenvalue weighted by Gasteiger charge is 2.32. The van der Waals surface area contributed by atoms with E-state index >= 15 is 0 Å². The van der Waals surface area contributed by atoms with Crippen molar-refractivity contribution >= 4 is 23.6 Å². The van der Waals surface area contributed by atoms with Crippen LogP contribution >= 0.6 is 11.8 Å². The third-order valence-corrected chi connectivity index (χ3v) is 2.77. The van der Waals surface area contributed by atoms with Gasteiger partial charge in [-0.05, 0) is 5.41 Å². The molecule has 0 aliphatic carbocycles. The van der Waals surface area contributed by atoms with Crippen LogP contribution in [0.15, 0.2) is 23.4 Å². The molecule has 0 spiro atoms. The second kappa shape index (κ2) is 3.38. The lowest BCUT2D eigenvalue weighted by molar-refractivity contribution is -0.138. The lowest BCUT2D eigenvalue weighted by atomic mass is 10.3. The average Bonchev–Trinajstić information content (AvgIpc) is 2.62. The van der Waals surface area contributed by atoms with Crippen LogP contribution < -0.4 is 5.32 Å². The molecule has 0 saturated heterocycles. The molecular weight excluding hydrogens is 204 g/mol. The fourth-order valence-corrected chi connectivity index (χ4v) is 2.11. The van der Waals surface area contributed by atoms with E-state index in [1.54, 1.807) is 11.1 Å². The Hall–Kier alpha value is -1.43. The fourth-order valence-electron chi connectivity index (χ4n) is 1.26. The molecule has 2 rings (SSSR count). The summed E-state index contributed by atoms with van der Waals surface area (Å²) in [6, 6.07) is 0. The van der Waals surface area contributed by atoms with Gasteiger partial charge in [0.25, 0.3) is 0 Å². The second-order valence-electron chi connectivity index (χ2n) is 2.71. The molecule has 0 fully saturated rings. The Labute approximate surface area is 84.8 Å². The third kappa shape index (κ3) is 1.37. The second-order valence-corrected chi connectivity index (χ2v) is 3.70. The number of ether oxygens (including phenoxy) is 1. The zero-order chi connectivity index (χ0) is 10.1. The molecule has 0 radical (unpaired) electrons. The Bertz CT molecular complexity index is 350. The number of thioether (sulfide) groups is 1.